The first-order chi connectivity index (χ1) is 7.80. The molecule has 0 saturated carbocycles. The monoisotopic (exact) mass is 219 g/mol. The molecule has 0 fully saturated rings. The molecule has 0 aliphatic carbocycles. The van der Waals surface area contributed by atoms with Crippen molar-refractivity contribution in [1.29, 1.82) is 0 Å². The van der Waals surface area contributed by atoms with Crippen LogP contribution in [0, 0.1) is 0 Å². The Morgan fingerprint density at radius 3 is 2.44 bits per heavy atom. The summed E-state index contributed by atoms with van der Waals surface area (Å²) >= 11 is 0. The van der Waals surface area contributed by atoms with Crippen molar-refractivity contribution in [2.75, 3.05) is 20.2 Å². The maximum atomic E-state index is 5.41. The smallest absolute Gasteiger partial charge is 0.119 e. The van der Waals surface area contributed by atoms with E-state index in [2.05, 4.69) is 30.4 Å². The van der Waals surface area contributed by atoms with Gasteiger partial charge in [0, 0.05) is 6.54 Å². The molecule has 0 atom stereocenters. The molecule has 0 aromatic heterocycles. The van der Waals surface area contributed by atoms with Gasteiger partial charge in [-0.3, -0.25) is 0 Å². The summed E-state index contributed by atoms with van der Waals surface area (Å²) in [6.07, 6.45) is 3.31. The first-order valence-electron chi connectivity index (χ1n) is 5.87. The van der Waals surface area contributed by atoms with E-state index in [9.17, 15) is 0 Å². The lowest BCUT2D eigenvalue weighted by atomic mass is 10.1. The Labute approximate surface area is 98.3 Å². The van der Waals surface area contributed by atoms with Gasteiger partial charge in [-0.1, -0.05) is 30.7 Å². The summed E-state index contributed by atoms with van der Waals surface area (Å²) in [5.74, 6) is 0.936. The molecule has 0 spiro atoms. The molecule has 1 N–H and O–H groups in total. The van der Waals surface area contributed by atoms with E-state index in [4.69, 9.17) is 4.74 Å². The number of hydrogen-bond donors (Lipinski definition) is 1. The molecule has 0 bridgehead atoms. The van der Waals surface area contributed by atoms with E-state index in [0.29, 0.717) is 0 Å². The number of rotatable bonds is 6. The Kier molecular flexibility index (Phi) is 5.65. The number of ether oxygens (including phenoxy) is 1. The fourth-order valence-corrected chi connectivity index (χ4v) is 1.57. The second-order valence-corrected chi connectivity index (χ2v) is 3.69. The zero-order valence-corrected chi connectivity index (χ0v) is 10.4. The maximum absolute atomic E-state index is 5.41. The van der Waals surface area contributed by atoms with Gasteiger partial charge in [0.2, 0.25) is 0 Å². The maximum Gasteiger partial charge on any atom is 0.119 e. The van der Waals surface area contributed by atoms with Crippen LogP contribution < -0.4 is 10.1 Å². The van der Waals surface area contributed by atoms with Gasteiger partial charge in [0.05, 0.1) is 6.61 Å². The fourth-order valence-electron chi connectivity index (χ4n) is 1.57. The molecule has 88 valence electrons. The van der Waals surface area contributed by atoms with E-state index in [1.54, 1.807) is 0 Å². The number of hydrogen-bond acceptors (Lipinski definition) is 2. The Bertz CT molecular complexity index is 327. The second kappa shape index (κ2) is 7.07. The Balaban J connectivity index is 2.72. The lowest BCUT2D eigenvalue weighted by Gasteiger charge is -2.05. The normalized spacial score (nSPS) is 11.6. The summed E-state index contributed by atoms with van der Waals surface area (Å²) in [5.41, 5.74) is 2.64. The van der Waals surface area contributed by atoms with Gasteiger partial charge in [-0.05, 0) is 38.1 Å². The third-order valence-corrected chi connectivity index (χ3v) is 2.42. The standard InChI is InChI=1S/C14H21NO/c1-4-12(11-15-3)10-13-6-8-14(9-7-13)16-5-2/h6-10,15H,4-5,11H2,1-3H3. The summed E-state index contributed by atoms with van der Waals surface area (Å²) in [6.45, 7) is 5.84. The summed E-state index contributed by atoms with van der Waals surface area (Å²) < 4.78 is 5.41. The van der Waals surface area contributed by atoms with Gasteiger partial charge < -0.3 is 10.1 Å². The van der Waals surface area contributed by atoms with Gasteiger partial charge in [-0.15, -0.1) is 0 Å². The van der Waals surface area contributed by atoms with Crippen molar-refractivity contribution in [1.82, 2.24) is 5.32 Å². The Morgan fingerprint density at radius 2 is 1.94 bits per heavy atom. The minimum absolute atomic E-state index is 0.717. The van der Waals surface area contributed by atoms with Gasteiger partial charge in [0.25, 0.3) is 0 Å². The van der Waals surface area contributed by atoms with Crippen LogP contribution in [0.3, 0.4) is 0 Å². The van der Waals surface area contributed by atoms with Crippen LogP contribution in [0.25, 0.3) is 6.08 Å². The van der Waals surface area contributed by atoms with Crippen LogP contribution >= 0.6 is 0 Å². The lowest BCUT2D eigenvalue weighted by molar-refractivity contribution is 0.340. The number of nitrogens with one attached hydrogen (secondary N) is 1. The van der Waals surface area contributed by atoms with Gasteiger partial charge in [0.15, 0.2) is 0 Å². The molecule has 0 radical (unpaired) electrons. The van der Waals surface area contributed by atoms with Crippen molar-refractivity contribution in [2.24, 2.45) is 0 Å². The quantitative estimate of drug-likeness (QED) is 0.793. The van der Waals surface area contributed by atoms with E-state index in [1.165, 1.54) is 11.1 Å². The van der Waals surface area contributed by atoms with Gasteiger partial charge in [-0.2, -0.15) is 0 Å². The van der Waals surface area contributed by atoms with Crippen LogP contribution in [0.4, 0.5) is 0 Å². The average Bonchev–Trinajstić information content (AvgIpc) is 2.31. The first-order valence-corrected chi connectivity index (χ1v) is 5.87. The Hall–Kier alpha value is -1.28. The zero-order valence-electron chi connectivity index (χ0n) is 10.4. The van der Waals surface area contributed by atoms with E-state index >= 15 is 0 Å². The molecule has 2 heteroatoms. The third kappa shape index (κ3) is 4.07. The van der Waals surface area contributed by atoms with Gasteiger partial charge in [0.1, 0.15) is 5.75 Å². The molecule has 0 unspecified atom stereocenters. The van der Waals surface area contributed by atoms with Crippen LogP contribution in [0.5, 0.6) is 5.75 Å². The fraction of sp³-hybridized carbons (Fsp3) is 0.429. The van der Waals surface area contributed by atoms with Crippen LogP contribution in [-0.2, 0) is 0 Å². The molecule has 0 saturated heterocycles. The van der Waals surface area contributed by atoms with E-state index in [1.807, 2.05) is 26.1 Å². The van der Waals surface area contributed by atoms with Crippen LogP contribution in [0.2, 0.25) is 0 Å². The molecule has 0 heterocycles. The van der Waals surface area contributed by atoms with E-state index in [0.717, 1.165) is 25.3 Å². The zero-order chi connectivity index (χ0) is 11.8. The molecule has 0 amide bonds. The predicted octanol–water partition coefficient (Wildman–Crippen LogP) is 3.10. The van der Waals surface area contributed by atoms with Crippen LogP contribution in [0.1, 0.15) is 25.8 Å². The molecule has 0 aliphatic rings. The molecular weight excluding hydrogens is 198 g/mol. The lowest BCUT2D eigenvalue weighted by Crippen LogP contribution is -2.09. The highest BCUT2D eigenvalue weighted by Gasteiger charge is 1.95. The van der Waals surface area contributed by atoms with E-state index < -0.39 is 0 Å². The number of benzene rings is 1. The van der Waals surface area contributed by atoms with Gasteiger partial charge in [-0.25, -0.2) is 0 Å². The third-order valence-electron chi connectivity index (χ3n) is 2.42. The SMILES string of the molecule is CCOc1ccc(C=C(CC)CNC)cc1. The van der Waals surface area contributed by atoms with Crippen molar-refractivity contribution in [2.45, 2.75) is 20.3 Å². The minimum Gasteiger partial charge on any atom is -0.494 e. The van der Waals surface area contributed by atoms with Crippen molar-refractivity contribution >= 4 is 6.08 Å². The van der Waals surface area contributed by atoms with Crippen molar-refractivity contribution in [3.8, 4) is 5.75 Å². The first kappa shape index (κ1) is 12.8. The average molecular weight is 219 g/mol. The minimum atomic E-state index is 0.717. The van der Waals surface area contributed by atoms with Crippen LogP contribution in [0.15, 0.2) is 29.8 Å². The van der Waals surface area contributed by atoms with Gasteiger partial charge >= 0.3 is 0 Å². The van der Waals surface area contributed by atoms with Crippen molar-refractivity contribution < 1.29 is 4.74 Å². The van der Waals surface area contributed by atoms with Crippen LogP contribution in [-0.4, -0.2) is 20.2 Å². The summed E-state index contributed by atoms with van der Waals surface area (Å²) in [4.78, 5) is 0. The highest BCUT2D eigenvalue weighted by Crippen LogP contribution is 2.15. The summed E-state index contributed by atoms with van der Waals surface area (Å²) in [7, 11) is 1.97. The molecule has 1 aromatic carbocycles. The topological polar surface area (TPSA) is 21.3 Å². The molecule has 16 heavy (non-hydrogen) atoms. The van der Waals surface area contributed by atoms with E-state index in [-0.39, 0.29) is 0 Å². The van der Waals surface area contributed by atoms with Crippen molar-refractivity contribution in [3.63, 3.8) is 0 Å². The molecule has 1 rings (SSSR count). The molecular formula is C14H21NO. The molecule has 2 nitrogen and oxygen atoms in total. The highest BCUT2D eigenvalue weighted by molar-refractivity contribution is 5.54. The van der Waals surface area contributed by atoms with Crippen molar-refractivity contribution in [3.05, 3.63) is 35.4 Å². The molecule has 0 aliphatic heterocycles. The largest absolute Gasteiger partial charge is 0.494 e. The summed E-state index contributed by atoms with van der Waals surface area (Å²) in [5, 5.41) is 3.18. The summed E-state index contributed by atoms with van der Waals surface area (Å²) in [6, 6.07) is 8.22. The Morgan fingerprint density at radius 1 is 1.25 bits per heavy atom. The number of likely N-dealkylation sites (N-methyl/N-ethyl adjacent to an activating group) is 1. The molecule has 1 aromatic rings. The second-order valence-electron chi connectivity index (χ2n) is 3.69. The predicted molar refractivity (Wildman–Crippen MR) is 69.8 cm³/mol. The highest BCUT2D eigenvalue weighted by atomic mass is 16.5.